The summed E-state index contributed by atoms with van der Waals surface area (Å²) in [6.07, 6.45) is 0.737. The standard InChI is InChI=1S/C16H22F2O2Si/c1-21(2,3)16(17,18)15(10-7-11-20-14(15)19)12-13-8-5-4-6-9-13/h4-6,8-9H,7,10-12H2,1-3H3. The lowest BCUT2D eigenvalue weighted by Crippen LogP contribution is -2.63. The third kappa shape index (κ3) is 2.75. The molecule has 5 heteroatoms. The molecule has 1 atom stereocenters. The second-order valence-electron chi connectivity index (χ2n) is 6.81. The number of esters is 1. The van der Waals surface area contributed by atoms with E-state index in [0.717, 1.165) is 5.56 Å². The molecule has 1 aliphatic heterocycles. The fourth-order valence-corrected chi connectivity index (χ4v) is 4.75. The van der Waals surface area contributed by atoms with E-state index in [2.05, 4.69) is 0 Å². The maximum absolute atomic E-state index is 15.2. The van der Waals surface area contributed by atoms with Gasteiger partial charge < -0.3 is 4.74 Å². The van der Waals surface area contributed by atoms with Gasteiger partial charge in [-0.05, 0) is 24.8 Å². The second kappa shape index (κ2) is 5.52. The summed E-state index contributed by atoms with van der Waals surface area (Å²) in [5, 5.41) is 0. The highest BCUT2D eigenvalue weighted by molar-refractivity contribution is 6.78. The third-order valence-corrected chi connectivity index (χ3v) is 6.63. The minimum Gasteiger partial charge on any atom is -0.465 e. The van der Waals surface area contributed by atoms with Gasteiger partial charge in [0.15, 0.2) is 0 Å². The van der Waals surface area contributed by atoms with E-state index >= 15 is 8.78 Å². The molecule has 1 unspecified atom stereocenters. The number of halogens is 2. The summed E-state index contributed by atoms with van der Waals surface area (Å²) >= 11 is 0. The molecule has 0 radical (unpaired) electrons. The van der Waals surface area contributed by atoms with Crippen molar-refractivity contribution in [2.24, 2.45) is 5.41 Å². The molecular weight excluding hydrogens is 290 g/mol. The first kappa shape index (κ1) is 16.1. The molecule has 0 spiro atoms. The first-order chi connectivity index (χ1) is 9.71. The molecule has 2 nitrogen and oxygen atoms in total. The zero-order chi connectivity index (χ0) is 15.7. The van der Waals surface area contributed by atoms with E-state index in [0.29, 0.717) is 6.42 Å². The molecule has 0 aliphatic carbocycles. The van der Waals surface area contributed by atoms with Crippen LogP contribution in [0.4, 0.5) is 8.78 Å². The Morgan fingerprint density at radius 1 is 1.24 bits per heavy atom. The van der Waals surface area contributed by atoms with Gasteiger partial charge in [0.05, 0.1) is 6.61 Å². The quantitative estimate of drug-likeness (QED) is 0.619. The van der Waals surface area contributed by atoms with E-state index in [1.165, 1.54) is 0 Å². The minimum atomic E-state index is -3.01. The Hall–Kier alpha value is -1.23. The van der Waals surface area contributed by atoms with Gasteiger partial charge in [0.25, 0.3) is 0 Å². The van der Waals surface area contributed by atoms with Gasteiger partial charge in [-0.2, -0.15) is 0 Å². The van der Waals surface area contributed by atoms with Crippen LogP contribution in [-0.4, -0.2) is 26.2 Å². The normalized spacial score (nSPS) is 23.8. The minimum absolute atomic E-state index is 0.0456. The lowest BCUT2D eigenvalue weighted by Gasteiger charge is -2.46. The Morgan fingerprint density at radius 2 is 1.86 bits per heavy atom. The fourth-order valence-electron chi connectivity index (χ4n) is 3.00. The van der Waals surface area contributed by atoms with Crippen LogP contribution in [-0.2, 0) is 16.0 Å². The molecule has 2 rings (SSSR count). The van der Waals surface area contributed by atoms with Crippen LogP contribution in [0.5, 0.6) is 0 Å². The van der Waals surface area contributed by atoms with Crippen molar-refractivity contribution in [1.82, 2.24) is 0 Å². The van der Waals surface area contributed by atoms with Crippen molar-refractivity contribution in [3.8, 4) is 0 Å². The Bertz CT molecular complexity index is 511. The number of cyclic esters (lactones) is 1. The van der Waals surface area contributed by atoms with Crippen LogP contribution < -0.4 is 0 Å². The SMILES string of the molecule is C[Si](C)(C)C(F)(F)C1(Cc2ccccc2)CCCOC1=O. The van der Waals surface area contributed by atoms with E-state index < -0.39 is 25.0 Å². The Kier molecular flexibility index (Phi) is 4.24. The molecule has 1 fully saturated rings. The highest BCUT2D eigenvalue weighted by Crippen LogP contribution is 2.50. The van der Waals surface area contributed by atoms with Crippen LogP contribution >= 0.6 is 0 Å². The van der Waals surface area contributed by atoms with Gasteiger partial charge >= 0.3 is 5.97 Å². The predicted octanol–water partition coefficient (Wildman–Crippen LogP) is 4.07. The number of ether oxygens (including phenoxy) is 1. The van der Waals surface area contributed by atoms with E-state index in [1.807, 2.05) is 18.2 Å². The van der Waals surface area contributed by atoms with E-state index in [4.69, 9.17) is 4.74 Å². The molecule has 0 bridgehead atoms. The van der Waals surface area contributed by atoms with E-state index in [1.54, 1.807) is 31.8 Å². The van der Waals surface area contributed by atoms with Crippen molar-refractivity contribution in [2.75, 3.05) is 6.61 Å². The summed E-state index contributed by atoms with van der Waals surface area (Å²) in [7, 11) is -2.87. The number of hydrogen-bond acceptors (Lipinski definition) is 2. The summed E-state index contributed by atoms with van der Waals surface area (Å²) in [6, 6.07) is 9.05. The van der Waals surface area contributed by atoms with Crippen LogP contribution in [0.15, 0.2) is 30.3 Å². The zero-order valence-electron chi connectivity index (χ0n) is 12.8. The van der Waals surface area contributed by atoms with Crippen molar-refractivity contribution >= 4 is 14.0 Å². The van der Waals surface area contributed by atoms with Crippen LogP contribution in [0.3, 0.4) is 0 Å². The van der Waals surface area contributed by atoms with Crippen LogP contribution in [0, 0.1) is 5.41 Å². The maximum atomic E-state index is 15.2. The van der Waals surface area contributed by atoms with Crippen molar-refractivity contribution in [3.63, 3.8) is 0 Å². The highest BCUT2D eigenvalue weighted by atomic mass is 28.3. The number of carbonyl (C=O) groups is 1. The summed E-state index contributed by atoms with van der Waals surface area (Å²) in [4.78, 5) is 12.3. The molecule has 21 heavy (non-hydrogen) atoms. The molecule has 0 N–H and O–H groups in total. The van der Waals surface area contributed by atoms with E-state index in [-0.39, 0.29) is 19.4 Å². The van der Waals surface area contributed by atoms with Crippen LogP contribution in [0.2, 0.25) is 19.6 Å². The molecule has 116 valence electrons. The lowest BCUT2D eigenvalue weighted by atomic mass is 9.76. The third-order valence-electron chi connectivity index (χ3n) is 4.26. The van der Waals surface area contributed by atoms with Gasteiger partial charge in [0.1, 0.15) is 13.5 Å². The number of carbonyl (C=O) groups excluding carboxylic acids is 1. The van der Waals surface area contributed by atoms with Crippen molar-refractivity contribution in [3.05, 3.63) is 35.9 Å². The van der Waals surface area contributed by atoms with Crippen molar-refractivity contribution in [2.45, 2.75) is 44.4 Å². The second-order valence-corrected chi connectivity index (χ2v) is 11.9. The summed E-state index contributed by atoms with van der Waals surface area (Å²) in [5.74, 6) is -0.731. The summed E-state index contributed by atoms with van der Waals surface area (Å²) in [5.41, 5.74) is -3.96. The smallest absolute Gasteiger partial charge is 0.318 e. The predicted molar refractivity (Wildman–Crippen MR) is 81.1 cm³/mol. The fraction of sp³-hybridized carbons (Fsp3) is 0.562. The molecule has 1 aromatic carbocycles. The van der Waals surface area contributed by atoms with E-state index in [9.17, 15) is 4.79 Å². The molecule has 0 saturated carbocycles. The Labute approximate surface area is 125 Å². The Balaban J connectivity index is 2.47. The van der Waals surface area contributed by atoms with Gasteiger partial charge in [-0.25, -0.2) is 8.78 Å². The molecule has 1 heterocycles. The lowest BCUT2D eigenvalue weighted by molar-refractivity contribution is -0.182. The first-order valence-corrected chi connectivity index (χ1v) is 10.8. The van der Waals surface area contributed by atoms with Gasteiger partial charge in [0.2, 0.25) is 5.55 Å². The molecule has 1 saturated heterocycles. The Morgan fingerprint density at radius 3 is 2.38 bits per heavy atom. The van der Waals surface area contributed by atoms with Crippen LogP contribution in [0.1, 0.15) is 18.4 Å². The van der Waals surface area contributed by atoms with Gasteiger partial charge in [0, 0.05) is 0 Å². The number of hydrogen-bond donors (Lipinski definition) is 0. The largest absolute Gasteiger partial charge is 0.465 e. The molecule has 1 aliphatic rings. The van der Waals surface area contributed by atoms with Gasteiger partial charge in [-0.15, -0.1) is 0 Å². The number of benzene rings is 1. The summed E-state index contributed by atoms with van der Waals surface area (Å²) in [6.45, 7) is 5.09. The zero-order valence-corrected chi connectivity index (χ0v) is 13.8. The first-order valence-electron chi connectivity index (χ1n) is 7.30. The van der Waals surface area contributed by atoms with Crippen molar-refractivity contribution < 1.29 is 18.3 Å². The van der Waals surface area contributed by atoms with Crippen LogP contribution in [0.25, 0.3) is 0 Å². The number of alkyl halides is 2. The number of rotatable bonds is 4. The molecule has 0 aromatic heterocycles. The summed E-state index contributed by atoms with van der Waals surface area (Å²) < 4.78 is 35.4. The van der Waals surface area contributed by atoms with Crippen molar-refractivity contribution in [1.29, 1.82) is 0 Å². The maximum Gasteiger partial charge on any atom is 0.318 e. The topological polar surface area (TPSA) is 26.3 Å². The molecular formula is C16H22F2O2Si. The average Bonchev–Trinajstić information content (AvgIpc) is 2.41. The monoisotopic (exact) mass is 312 g/mol. The molecule has 0 amide bonds. The van der Waals surface area contributed by atoms with Gasteiger partial charge in [-0.1, -0.05) is 50.0 Å². The molecule has 1 aromatic rings. The highest BCUT2D eigenvalue weighted by Gasteiger charge is 2.65. The average molecular weight is 312 g/mol. The van der Waals surface area contributed by atoms with Gasteiger partial charge in [-0.3, -0.25) is 4.79 Å².